The Hall–Kier alpha value is -2.36. The van der Waals surface area contributed by atoms with Crippen molar-refractivity contribution in [1.82, 2.24) is 0 Å². The molecule has 0 aliphatic heterocycles. The first kappa shape index (κ1) is 22.3. The molecule has 1 N–H and O–H groups in total. The minimum Gasteiger partial charge on any atom is -0.497 e. The van der Waals surface area contributed by atoms with Gasteiger partial charge in [-0.25, -0.2) is 0 Å². The third-order valence-corrected chi connectivity index (χ3v) is 5.03. The van der Waals surface area contributed by atoms with Gasteiger partial charge < -0.3 is 14.8 Å². The number of nitrogens with one attached hydrogen (secondary N) is 1. The number of rotatable bonds is 7. The Kier molecular flexibility index (Phi) is 6.84. The topological polar surface area (TPSA) is 30.5 Å². The molecule has 160 valence electrons. The Balaban J connectivity index is 2.00. The standard InChI is InChI=1S/C23H23ClF3NO2/c1-3-30-22(23(25,26)27,13-12-16-4-5-16)20-14-18(24)8-11-21(20)28-15-17-6-9-19(29-2)10-7-17/h6-11,14,16,28H,3-5,15H2,1-2H3/t22-/m0/s1. The van der Waals surface area contributed by atoms with Crippen molar-refractivity contribution in [2.75, 3.05) is 19.0 Å². The maximum atomic E-state index is 14.4. The number of halogens is 4. The van der Waals surface area contributed by atoms with Crippen molar-refractivity contribution in [3.8, 4) is 17.6 Å². The normalized spacial score (nSPS) is 15.7. The van der Waals surface area contributed by atoms with Gasteiger partial charge in [-0.15, -0.1) is 0 Å². The van der Waals surface area contributed by atoms with Crippen molar-refractivity contribution in [3.63, 3.8) is 0 Å². The summed E-state index contributed by atoms with van der Waals surface area (Å²) in [5.41, 5.74) is -1.73. The van der Waals surface area contributed by atoms with Crippen LogP contribution in [-0.2, 0) is 16.9 Å². The first-order chi connectivity index (χ1) is 14.3. The zero-order chi connectivity index (χ0) is 21.8. The van der Waals surface area contributed by atoms with Gasteiger partial charge in [-0.3, -0.25) is 0 Å². The van der Waals surface area contributed by atoms with E-state index in [2.05, 4.69) is 17.2 Å². The molecule has 1 aliphatic carbocycles. The summed E-state index contributed by atoms with van der Waals surface area (Å²) in [6.45, 7) is 1.69. The molecule has 0 unspecified atom stereocenters. The summed E-state index contributed by atoms with van der Waals surface area (Å²) in [6, 6.07) is 11.6. The van der Waals surface area contributed by atoms with E-state index in [1.54, 1.807) is 25.3 Å². The number of hydrogen-bond donors (Lipinski definition) is 1. The summed E-state index contributed by atoms with van der Waals surface area (Å²) in [7, 11) is 1.57. The fraction of sp³-hybridized carbons (Fsp3) is 0.391. The molecular formula is C23H23ClF3NO2. The Morgan fingerprint density at radius 3 is 2.40 bits per heavy atom. The Labute approximate surface area is 179 Å². The summed E-state index contributed by atoms with van der Waals surface area (Å²) < 4.78 is 53.5. The molecule has 3 rings (SSSR count). The predicted octanol–water partition coefficient (Wildman–Crippen LogP) is 6.17. The van der Waals surface area contributed by atoms with Gasteiger partial charge in [-0.1, -0.05) is 35.6 Å². The third kappa shape index (κ3) is 5.03. The summed E-state index contributed by atoms with van der Waals surface area (Å²) in [5, 5.41) is 3.27. The monoisotopic (exact) mass is 437 g/mol. The number of methoxy groups -OCH3 is 1. The number of benzene rings is 2. The highest BCUT2D eigenvalue weighted by Crippen LogP contribution is 2.46. The van der Waals surface area contributed by atoms with Gasteiger partial charge in [0.05, 0.1) is 7.11 Å². The minimum atomic E-state index is -4.74. The molecule has 1 aliphatic rings. The van der Waals surface area contributed by atoms with Gasteiger partial charge in [0.25, 0.3) is 5.60 Å². The molecule has 3 nitrogen and oxygen atoms in total. The van der Waals surface area contributed by atoms with Gasteiger partial charge >= 0.3 is 6.18 Å². The van der Waals surface area contributed by atoms with Crippen LogP contribution in [0.3, 0.4) is 0 Å². The molecule has 0 heterocycles. The molecule has 7 heteroatoms. The second kappa shape index (κ2) is 9.20. The second-order valence-electron chi connectivity index (χ2n) is 7.05. The van der Waals surface area contributed by atoms with Crippen LogP contribution in [0.25, 0.3) is 0 Å². The van der Waals surface area contributed by atoms with E-state index in [1.807, 2.05) is 12.1 Å². The number of alkyl halides is 3. The Morgan fingerprint density at radius 1 is 1.13 bits per heavy atom. The summed E-state index contributed by atoms with van der Waals surface area (Å²) >= 11 is 6.09. The van der Waals surface area contributed by atoms with Crippen LogP contribution < -0.4 is 10.1 Å². The van der Waals surface area contributed by atoms with E-state index in [1.165, 1.54) is 19.1 Å². The molecule has 1 fully saturated rings. The van der Waals surface area contributed by atoms with Crippen molar-refractivity contribution in [2.45, 2.75) is 38.1 Å². The molecule has 1 saturated carbocycles. The highest BCUT2D eigenvalue weighted by molar-refractivity contribution is 6.30. The van der Waals surface area contributed by atoms with Gasteiger partial charge in [0.2, 0.25) is 0 Å². The first-order valence-electron chi connectivity index (χ1n) is 9.69. The van der Waals surface area contributed by atoms with Crippen LogP contribution in [0.15, 0.2) is 42.5 Å². The molecule has 0 amide bonds. The number of ether oxygens (including phenoxy) is 2. The van der Waals surface area contributed by atoms with E-state index >= 15 is 0 Å². The van der Waals surface area contributed by atoms with Crippen LogP contribution in [0, 0.1) is 17.8 Å². The van der Waals surface area contributed by atoms with Crippen LogP contribution in [0.5, 0.6) is 5.75 Å². The smallest absolute Gasteiger partial charge is 0.433 e. The molecule has 1 atom stereocenters. The van der Waals surface area contributed by atoms with Crippen molar-refractivity contribution in [2.24, 2.45) is 5.92 Å². The highest BCUT2D eigenvalue weighted by atomic mass is 35.5. The summed E-state index contributed by atoms with van der Waals surface area (Å²) in [6.07, 6.45) is -3.12. The van der Waals surface area contributed by atoms with Crippen molar-refractivity contribution in [3.05, 3.63) is 58.6 Å². The lowest BCUT2D eigenvalue weighted by Crippen LogP contribution is -2.44. The Morgan fingerprint density at radius 2 is 1.83 bits per heavy atom. The molecule has 0 radical (unpaired) electrons. The number of hydrogen-bond acceptors (Lipinski definition) is 3. The van der Waals surface area contributed by atoms with Crippen molar-refractivity contribution < 1.29 is 22.6 Å². The summed E-state index contributed by atoms with van der Waals surface area (Å²) in [4.78, 5) is 0. The van der Waals surface area contributed by atoms with Crippen molar-refractivity contribution in [1.29, 1.82) is 0 Å². The van der Waals surface area contributed by atoms with Crippen LogP contribution in [0.4, 0.5) is 18.9 Å². The van der Waals surface area contributed by atoms with Gasteiger partial charge in [0, 0.05) is 35.3 Å². The lowest BCUT2D eigenvalue weighted by molar-refractivity contribution is -0.257. The van der Waals surface area contributed by atoms with E-state index in [9.17, 15) is 13.2 Å². The van der Waals surface area contributed by atoms with Crippen molar-refractivity contribution >= 4 is 17.3 Å². The molecule has 0 aromatic heterocycles. The average Bonchev–Trinajstić information content (AvgIpc) is 3.54. The van der Waals surface area contributed by atoms with E-state index in [4.69, 9.17) is 21.1 Å². The fourth-order valence-corrected chi connectivity index (χ4v) is 3.21. The zero-order valence-electron chi connectivity index (χ0n) is 16.8. The molecule has 30 heavy (non-hydrogen) atoms. The van der Waals surface area contributed by atoms with Crippen LogP contribution in [0.2, 0.25) is 5.02 Å². The highest BCUT2D eigenvalue weighted by Gasteiger charge is 2.58. The predicted molar refractivity (Wildman–Crippen MR) is 112 cm³/mol. The fourth-order valence-electron chi connectivity index (χ4n) is 3.04. The first-order valence-corrected chi connectivity index (χ1v) is 10.1. The molecule has 0 bridgehead atoms. The zero-order valence-corrected chi connectivity index (χ0v) is 17.5. The van der Waals surface area contributed by atoms with Gasteiger partial charge in [-0.05, 0) is 55.7 Å². The van der Waals surface area contributed by atoms with E-state index in [-0.39, 0.29) is 28.8 Å². The molecule has 2 aromatic carbocycles. The van der Waals surface area contributed by atoms with Gasteiger partial charge in [-0.2, -0.15) is 13.2 Å². The molecule has 2 aromatic rings. The van der Waals surface area contributed by atoms with E-state index < -0.39 is 11.8 Å². The molecule has 0 saturated heterocycles. The van der Waals surface area contributed by atoms with Gasteiger partial charge in [0.1, 0.15) is 5.75 Å². The third-order valence-electron chi connectivity index (χ3n) is 4.79. The SMILES string of the molecule is CCO[C@@](C#CC1CC1)(c1cc(Cl)ccc1NCc1ccc(OC)cc1)C(F)(F)F. The molecule has 0 spiro atoms. The van der Waals surface area contributed by atoms with Crippen LogP contribution in [-0.4, -0.2) is 19.9 Å². The second-order valence-corrected chi connectivity index (χ2v) is 7.48. The lowest BCUT2D eigenvalue weighted by atomic mass is 9.91. The largest absolute Gasteiger partial charge is 0.497 e. The van der Waals surface area contributed by atoms with E-state index in [0.29, 0.717) is 12.3 Å². The van der Waals surface area contributed by atoms with E-state index in [0.717, 1.165) is 18.4 Å². The maximum Gasteiger partial charge on any atom is 0.433 e. The average molecular weight is 438 g/mol. The van der Waals surface area contributed by atoms with Crippen LogP contribution in [0.1, 0.15) is 30.9 Å². The van der Waals surface area contributed by atoms with Gasteiger partial charge in [0.15, 0.2) is 0 Å². The minimum absolute atomic E-state index is 0.0120. The molecular weight excluding hydrogens is 415 g/mol. The Bertz CT molecular complexity index is 930. The quantitative estimate of drug-likeness (QED) is 0.525. The maximum absolute atomic E-state index is 14.4. The van der Waals surface area contributed by atoms with Crippen LogP contribution >= 0.6 is 11.6 Å². The summed E-state index contributed by atoms with van der Waals surface area (Å²) in [5.74, 6) is 5.85. The number of anilines is 1. The lowest BCUT2D eigenvalue weighted by Gasteiger charge is -2.33.